The predicted octanol–water partition coefficient (Wildman–Crippen LogP) is 2.48. The molecule has 72 valence electrons. The minimum absolute atomic E-state index is 0.778. The zero-order valence-electron chi connectivity index (χ0n) is 7.72. The Morgan fingerprint density at radius 1 is 1.14 bits per heavy atom. The number of nitrogens with zero attached hydrogens (tertiary/aromatic N) is 1. The van der Waals surface area contributed by atoms with Gasteiger partial charge in [-0.3, -0.25) is 4.99 Å². The maximum absolute atomic E-state index is 5.12. The molecule has 1 aliphatic rings. The van der Waals surface area contributed by atoms with Gasteiger partial charge in [-0.2, -0.15) is 0 Å². The van der Waals surface area contributed by atoms with Crippen molar-refractivity contribution in [2.45, 2.75) is 0 Å². The van der Waals surface area contributed by atoms with Crippen molar-refractivity contribution in [2.24, 2.45) is 4.99 Å². The quantitative estimate of drug-likeness (QED) is 0.638. The highest BCUT2D eigenvalue weighted by atomic mass is 16.5. The summed E-state index contributed by atoms with van der Waals surface area (Å²) in [5.74, 6) is 0. The number of ether oxygens (including phenoxy) is 1. The zero-order valence-corrected chi connectivity index (χ0v) is 7.72. The molecule has 0 bridgehead atoms. The second-order valence-electron chi connectivity index (χ2n) is 2.84. The number of para-hydroxylation sites is 1. The lowest BCUT2D eigenvalue weighted by Gasteiger charge is -1.81. The molecule has 0 atom stereocenters. The first-order valence-corrected chi connectivity index (χ1v) is 4.49. The molecule has 1 aliphatic heterocycles. The zero-order chi connectivity index (χ0) is 9.64. The average molecular weight is 189 g/mol. The van der Waals surface area contributed by atoms with Crippen LogP contribution in [0.5, 0.6) is 0 Å². The maximum atomic E-state index is 5.12. The first-order valence-electron chi connectivity index (χ1n) is 4.49. The average Bonchev–Trinajstić information content (AvgIpc) is 2.92. The van der Waals surface area contributed by atoms with Crippen LogP contribution in [0.2, 0.25) is 0 Å². The molecule has 1 aromatic carbocycles. The Morgan fingerprint density at radius 2 is 2.07 bits per heavy atom. The van der Waals surface area contributed by atoms with Gasteiger partial charge < -0.3 is 9.15 Å². The van der Waals surface area contributed by atoms with Gasteiger partial charge in [0.05, 0.1) is 12.8 Å². The van der Waals surface area contributed by atoms with Crippen LogP contribution in [0, 0.1) is 0 Å². The second kappa shape index (κ2) is 4.46. The Morgan fingerprint density at radius 3 is 2.71 bits per heavy atom. The monoisotopic (exact) mass is 189 g/mol. The van der Waals surface area contributed by atoms with Crippen LogP contribution in [-0.4, -0.2) is 19.6 Å². The van der Waals surface area contributed by atoms with Gasteiger partial charge in [0.1, 0.15) is 12.2 Å². The number of benzene rings is 1. The summed E-state index contributed by atoms with van der Waals surface area (Å²) in [4.78, 5) is 3.74. The van der Waals surface area contributed by atoms with Crippen LogP contribution in [0.4, 0.5) is 0 Å². The van der Waals surface area contributed by atoms with Crippen LogP contribution < -0.4 is 0 Å². The first-order chi connectivity index (χ1) is 6.97. The van der Waals surface area contributed by atoms with Crippen LogP contribution in [0.1, 0.15) is 0 Å². The number of aliphatic imine (C=N–C) groups is 1. The van der Waals surface area contributed by atoms with E-state index in [1.165, 1.54) is 6.40 Å². The summed E-state index contributed by atoms with van der Waals surface area (Å²) >= 11 is 0. The van der Waals surface area contributed by atoms with Crippen LogP contribution in [0.15, 0.2) is 46.0 Å². The fourth-order valence-corrected chi connectivity index (χ4v) is 1.17. The summed E-state index contributed by atoms with van der Waals surface area (Å²) < 4.78 is 9.77. The number of fused-ring (bicyclic) bond motifs is 1. The topological polar surface area (TPSA) is 34.7 Å². The molecule has 3 nitrogen and oxygen atoms in total. The Bertz CT molecular complexity index is 384. The molecule has 0 unspecified atom stereocenters. The van der Waals surface area contributed by atoms with Crippen molar-refractivity contribution in [2.75, 3.05) is 13.2 Å². The van der Waals surface area contributed by atoms with E-state index in [0.29, 0.717) is 0 Å². The highest BCUT2D eigenvalue weighted by Gasteiger charge is 1.89. The summed E-state index contributed by atoms with van der Waals surface area (Å²) in [5.41, 5.74) is 0.956. The second-order valence-corrected chi connectivity index (χ2v) is 2.84. The molecule has 0 aliphatic carbocycles. The van der Waals surface area contributed by atoms with Crippen molar-refractivity contribution in [3.8, 4) is 0 Å². The lowest BCUT2D eigenvalue weighted by molar-refractivity contribution is 0.361. The van der Waals surface area contributed by atoms with Gasteiger partial charge in [-0.15, -0.1) is 0 Å². The van der Waals surface area contributed by atoms with Crippen LogP contribution in [0.3, 0.4) is 0 Å². The Kier molecular flexibility index (Phi) is 2.81. The molecule has 0 saturated heterocycles. The minimum Gasteiger partial charge on any atom is -0.482 e. The SMILES string of the molecule is C1=NCCO1.c1ccc2occc2c1. The summed E-state index contributed by atoms with van der Waals surface area (Å²) in [5, 5.41) is 1.16. The van der Waals surface area contributed by atoms with Crippen molar-refractivity contribution in [3.63, 3.8) is 0 Å². The molecule has 14 heavy (non-hydrogen) atoms. The molecule has 3 rings (SSSR count). The molecule has 0 N–H and O–H groups in total. The third kappa shape index (κ3) is 2.13. The summed E-state index contributed by atoms with van der Waals surface area (Å²) in [6.07, 6.45) is 3.19. The number of furan rings is 1. The van der Waals surface area contributed by atoms with E-state index in [0.717, 1.165) is 24.1 Å². The van der Waals surface area contributed by atoms with Crippen molar-refractivity contribution >= 4 is 17.4 Å². The van der Waals surface area contributed by atoms with Crippen LogP contribution in [-0.2, 0) is 4.74 Å². The lowest BCUT2D eigenvalue weighted by atomic mass is 10.3. The molecular weight excluding hydrogens is 178 g/mol. The van der Waals surface area contributed by atoms with Gasteiger partial charge in [-0.25, -0.2) is 0 Å². The molecular formula is C11H11NO2. The first kappa shape index (κ1) is 8.81. The van der Waals surface area contributed by atoms with Crippen molar-refractivity contribution in [1.82, 2.24) is 0 Å². The molecule has 3 heteroatoms. The highest BCUT2D eigenvalue weighted by molar-refractivity contribution is 5.76. The number of hydrogen-bond acceptors (Lipinski definition) is 3. The molecule has 2 aromatic rings. The van der Waals surface area contributed by atoms with Crippen LogP contribution >= 0.6 is 0 Å². The molecule has 0 amide bonds. The van der Waals surface area contributed by atoms with Gasteiger partial charge in [0.2, 0.25) is 0 Å². The molecule has 0 radical (unpaired) electrons. The van der Waals surface area contributed by atoms with E-state index in [9.17, 15) is 0 Å². The normalized spacial score (nSPS) is 13.4. The lowest BCUT2D eigenvalue weighted by Crippen LogP contribution is -1.80. The van der Waals surface area contributed by atoms with Crippen molar-refractivity contribution in [3.05, 3.63) is 36.6 Å². The Balaban J connectivity index is 0.000000128. The molecule has 0 spiro atoms. The molecule has 2 heterocycles. The fourth-order valence-electron chi connectivity index (χ4n) is 1.17. The smallest absolute Gasteiger partial charge is 0.169 e. The van der Waals surface area contributed by atoms with Gasteiger partial charge in [0, 0.05) is 5.39 Å². The molecule has 0 saturated carbocycles. The maximum Gasteiger partial charge on any atom is 0.169 e. The van der Waals surface area contributed by atoms with E-state index in [1.807, 2.05) is 30.3 Å². The summed E-state index contributed by atoms with van der Waals surface area (Å²) in [7, 11) is 0. The van der Waals surface area contributed by atoms with Crippen molar-refractivity contribution in [1.29, 1.82) is 0 Å². The molecule has 1 aromatic heterocycles. The number of rotatable bonds is 0. The summed E-state index contributed by atoms with van der Waals surface area (Å²) in [6, 6.07) is 9.90. The van der Waals surface area contributed by atoms with E-state index >= 15 is 0 Å². The highest BCUT2D eigenvalue weighted by Crippen LogP contribution is 2.12. The standard InChI is InChI=1S/C8H6O.C3H5NO/c1-2-4-8-7(3-1)5-6-9-8;1-2-5-3-4-1/h1-6H;3H,1-2H2. The summed E-state index contributed by atoms with van der Waals surface area (Å²) in [6.45, 7) is 1.62. The number of hydrogen-bond donors (Lipinski definition) is 0. The Labute approximate surface area is 82.0 Å². The van der Waals surface area contributed by atoms with Crippen LogP contribution in [0.25, 0.3) is 11.0 Å². The predicted molar refractivity (Wildman–Crippen MR) is 55.5 cm³/mol. The van der Waals surface area contributed by atoms with Gasteiger partial charge in [-0.1, -0.05) is 18.2 Å². The third-order valence-corrected chi connectivity index (χ3v) is 1.85. The van der Waals surface area contributed by atoms with Gasteiger partial charge in [0.15, 0.2) is 6.40 Å². The molecule has 0 fully saturated rings. The van der Waals surface area contributed by atoms with E-state index in [4.69, 9.17) is 4.42 Å². The third-order valence-electron chi connectivity index (χ3n) is 1.85. The van der Waals surface area contributed by atoms with E-state index in [2.05, 4.69) is 9.73 Å². The minimum atomic E-state index is 0.778. The fraction of sp³-hybridized carbons (Fsp3) is 0.182. The van der Waals surface area contributed by atoms with E-state index in [-0.39, 0.29) is 0 Å². The van der Waals surface area contributed by atoms with E-state index in [1.54, 1.807) is 6.26 Å². The Hall–Kier alpha value is -1.77. The van der Waals surface area contributed by atoms with Gasteiger partial charge >= 0.3 is 0 Å². The van der Waals surface area contributed by atoms with E-state index < -0.39 is 0 Å². The van der Waals surface area contributed by atoms with Crippen molar-refractivity contribution < 1.29 is 9.15 Å². The van der Waals surface area contributed by atoms with Gasteiger partial charge in [-0.05, 0) is 12.1 Å². The largest absolute Gasteiger partial charge is 0.482 e. The van der Waals surface area contributed by atoms with Gasteiger partial charge in [0.25, 0.3) is 0 Å².